The Morgan fingerprint density at radius 3 is 2.58 bits per heavy atom. The number of hydrogen-bond donors (Lipinski definition) is 4. The Kier molecular flexibility index (Phi) is 8.59. The van der Waals surface area contributed by atoms with Gasteiger partial charge in [0.25, 0.3) is 5.91 Å². The molecule has 2 heterocycles. The predicted octanol–water partition coefficient (Wildman–Crippen LogP) is 3.01. The van der Waals surface area contributed by atoms with E-state index < -0.39 is 12.1 Å². The smallest absolute Gasteiger partial charge is 0.268 e. The van der Waals surface area contributed by atoms with Crippen LogP contribution in [0.1, 0.15) is 61.9 Å². The highest BCUT2D eigenvalue weighted by Crippen LogP contribution is 2.29. The molecule has 0 spiro atoms. The van der Waals surface area contributed by atoms with E-state index in [1.165, 1.54) is 12.5 Å². The molecule has 8 nitrogen and oxygen atoms in total. The van der Waals surface area contributed by atoms with Crippen LogP contribution in [0.15, 0.2) is 47.8 Å². The average Bonchev–Trinajstić information content (AvgIpc) is 3.54. The van der Waals surface area contributed by atoms with E-state index >= 15 is 0 Å². The first-order valence-electron chi connectivity index (χ1n) is 12.7. The van der Waals surface area contributed by atoms with Crippen LogP contribution in [0.4, 0.5) is 0 Å². The molecule has 4 rings (SSSR count). The summed E-state index contributed by atoms with van der Waals surface area (Å²) in [5.41, 5.74) is 1.95. The van der Waals surface area contributed by atoms with Crippen molar-refractivity contribution in [2.75, 3.05) is 6.54 Å². The fourth-order valence-electron chi connectivity index (χ4n) is 5.42. The van der Waals surface area contributed by atoms with Crippen molar-refractivity contribution in [1.82, 2.24) is 20.9 Å². The number of aromatic nitrogens is 1. The normalized spacial score (nSPS) is 19.3. The molecule has 0 radical (unpaired) electrons. The molecule has 1 saturated heterocycles. The van der Waals surface area contributed by atoms with Gasteiger partial charge in [-0.05, 0) is 37.3 Å². The molecule has 188 valence electrons. The summed E-state index contributed by atoms with van der Waals surface area (Å²) in [5, 5.41) is 10.1. The third kappa shape index (κ3) is 6.24. The molecule has 2 aromatic rings. The molecular weight excluding hydrogens is 456 g/mol. The summed E-state index contributed by atoms with van der Waals surface area (Å²) >= 11 is 0. The van der Waals surface area contributed by atoms with Crippen LogP contribution in [-0.2, 0) is 14.4 Å². The minimum absolute atomic E-state index is 0.102. The van der Waals surface area contributed by atoms with Crippen LogP contribution in [0.2, 0.25) is 0 Å². The van der Waals surface area contributed by atoms with Gasteiger partial charge in [-0.15, -0.1) is 0 Å². The van der Waals surface area contributed by atoms with E-state index in [9.17, 15) is 19.2 Å². The van der Waals surface area contributed by atoms with Gasteiger partial charge < -0.3 is 20.9 Å². The van der Waals surface area contributed by atoms with Crippen LogP contribution >= 0.6 is 0 Å². The fourth-order valence-corrected chi connectivity index (χ4v) is 5.42. The van der Waals surface area contributed by atoms with Gasteiger partial charge in [-0.3, -0.25) is 4.79 Å². The summed E-state index contributed by atoms with van der Waals surface area (Å²) in [6.45, 7) is 0.661. The molecule has 1 aromatic heterocycles. The van der Waals surface area contributed by atoms with E-state index in [2.05, 4.69) is 20.9 Å². The third-order valence-electron chi connectivity index (χ3n) is 7.31. The van der Waals surface area contributed by atoms with Gasteiger partial charge in [0.1, 0.15) is 29.2 Å². The van der Waals surface area contributed by atoms with E-state index in [1.54, 1.807) is 12.0 Å². The Balaban J connectivity index is 1.53. The van der Waals surface area contributed by atoms with Crippen LogP contribution in [-0.4, -0.2) is 47.3 Å². The number of H-pyrrole nitrogens is 1. The van der Waals surface area contributed by atoms with Crippen molar-refractivity contribution >= 4 is 34.6 Å². The standard InChI is InChI=1S/C28H32N4O4/c33-13-11-22(15-21-10-12-29-26(21)17-34)30-27(18-35)24(14-19-6-2-1-3-7-19)32-28(36)25-16-20-8-4-5-9-23(20)31-25/h4-5,8-9,11,16,19,21-22,24,29-31H,1-3,6-7,10,12,14-15H2,(H,32,36)/t21-,22+,24-/m0/s1. The van der Waals surface area contributed by atoms with E-state index in [-0.39, 0.29) is 17.5 Å². The Morgan fingerprint density at radius 1 is 1.06 bits per heavy atom. The molecule has 4 N–H and O–H groups in total. The molecule has 3 atom stereocenters. The lowest BCUT2D eigenvalue weighted by Gasteiger charge is -2.29. The maximum absolute atomic E-state index is 13.2. The second-order valence-electron chi connectivity index (χ2n) is 9.75. The summed E-state index contributed by atoms with van der Waals surface area (Å²) < 4.78 is 0. The molecule has 1 amide bonds. The molecule has 8 heteroatoms. The number of nitrogens with one attached hydrogen (secondary N) is 4. The van der Waals surface area contributed by atoms with Gasteiger partial charge in [0, 0.05) is 29.4 Å². The number of carbonyl (C=O) groups excluding carboxylic acids is 4. The van der Waals surface area contributed by atoms with Gasteiger partial charge >= 0.3 is 0 Å². The second-order valence-corrected chi connectivity index (χ2v) is 9.75. The van der Waals surface area contributed by atoms with Crippen molar-refractivity contribution in [1.29, 1.82) is 0 Å². The summed E-state index contributed by atoms with van der Waals surface area (Å²) in [6, 6.07) is 8.30. The molecule has 1 aliphatic carbocycles. The minimum atomic E-state index is -0.588. The van der Waals surface area contributed by atoms with E-state index in [4.69, 9.17) is 0 Å². The Labute approximate surface area is 210 Å². The van der Waals surface area contributed by atoms with Gasteiger partial charge in [-0.1, -0.05) is 50.3 Å². The molecule has 1 aliphatic heterocycles. The van der Waals surface area contributed by atoms with E-state index in [0.717, 1.165) is 43.0 Å². The summed E-state index contributed by atoms with van der Waals surface area (Å²) in [5.74, 6) is 5.70. The molecule has 2 fully saturated rings. The van der Waals surface area contributed by atoms with Crippen LogP contribution in [0.25, 0.3) is 10.9 Å². The van der Waals surface area contributed by atoms with Crippen molar-refractivity contribution in [2.45, 2.75) is 63.5 Å². The summed E-state index contributed by atoms with van der Waals surface area (Å²) in [6.07, 6.45) is 8.63. The largest absolute Gasteiger partial charge is 0.379 e. The fraction of sp³-hybridized carbons (Fsp3) is 0.464. The number of hydrogen-bond acceptors (Lipinski definition) is 6. The highest BCUT2D eigenvalue weighted by Gasteiger charge is 2.29. The lowest BCUT2D eigenvalue weighted by Crippen LogP contribution is -2.44. The number of fused-ring (bicyclic) bond motifs is 1. The average molecular weight is 489 g/mol. The Hall–Kier alpha value is -3.82. The van der Waals surface area contributed by atoms with Crippen molar-refractivity contribution in [3.05, 3.63) is 53.5 Å². The predicted molar refractivity (Wildman–Crippen MR) is 137 cm³/mol. The quantitative estimate of drug-likeness (QED) is 0.382. The molecular formula is C28H32N4O4. The molecule has 36 heavy (non-hydrogen) atoms. The van der Waals surface area contributed by atoms with Gasteiger partial charge in [-0.25, -0.2) is 14.4 Å². The number of aromatic amines is 1. The van der Waals surface area contributed by atoms with Crippen molar-refractivity contribution < 1.29 is 19.2 Å². The van der Waals surface area contributed by atoms with Gasteiger partial charge in [0.2, 0.25) is 0 Å². The topological polar surface area (TPSA) is 120 Å². The zero-order chi connectivity index (χ0) is 25.3. The Bertz CT molecular complexity index is 1190. The second kappa shape index (κ2) is 12.2. The minimum Gasteiger partial charge on any atom is -0.379 e. The Morgan fingerprint density at radius 2 is 1.86 bits per heavy atom. The number of allylic oxidation sites excluding steroid dienone is 1. The van der Waals surface area contributed by atoms with Crippen LogP contribution in [0.3, 0.4) is 0 Å². The monoisotopic (exact) mass is 488 g/mol. The highest BCUT2D eigenvalue weighted by molar-refractivity contribution is 5.98. The maximum Gasteiger partial charge on any atom is 0.268 e. The van der Waals surface area contributed by atoms with Gasteiger partial charge in [0.05, 0.1) is 17.8 Å². The molecule has 2 aliphatic rings. The van der Waals surface area contributed by atoms with Crippen molar-refractivity contribution in [3.8, 4) is 0 Å². The molecule has 1 saturated carbocycles. The van der Waals surface area contributed by atoms with Crippen LogP contribution in [0, 0.1) is 11.8 Å². The molecule has 0 unspecified atom stereocenters. The number of benzene rings is 1. The SMILES string of the molecule is O=C=C[C@H](C[C@@H]1CCNC1=C=O)NC(=C=O)[C@H](CC1CCCCC1)NC(=O)c1cc2ccccc2[nH]1. The molecule has 0 bridgehead atoms. The summed E-state index contributed by atoms with van der Waals surface area (Å²) in [4.78, 5) is 51.0. The van der Waals surface area contributed by atoms with Crippen molar-refractivity contribution in [2.24, 2.45) is 11.8 Å². The number of para-hydroxylation sites is 1. The first-order chi connectivity index (χ1) is 17.6. The zero-order valence-electron chi connectivity index (χ0n) is 20.3. The van der Waals surface area contributed by atoms with Crippen LogP contribution in [0.5, 0.6) is 0 Å². The maximum atomic E-state index is 13.2. The highest BCUT2D eigenvalue weighted by atomic mass is 16.2. The first kappa shape index (κ1) is 25.3. The lowest BCUT2D eigenvalue weighted by molar-refractivity contribution is 0.0930. The van der Waals surface area contributed by atoms with Crippen molar-refractivity contribution in [3.63, 3.8) is 0 Å². The molecule has 1 aromatic carbocycles. The number of rotatable bonds is 10. The number of amides is 1. The van der Waals surface area contributed by atoms with E-state index in [0.29, 0.717) is 36.7 Å². The van der Waals surface area contributed by atoms with Gasteiger partial charge in [0.15, 0.2) is 0 Å². The van der Waals surface area contributed by atoms with E-state index in [1.807, 2.05) is 36.1 Å². The first-order valence-corrected chi connectivity index (χ1v) is 12.7. The van der Waals surface area contributed by atoms with Crippen LogP contribution < -0.4 is 16.0 Å². The van der Waals surface area contributed by atoms with Gasteiger partial charge in [-0.2, -0.15) is 0 Å². The zero-order valence-corrected chi connectivity index (χ0v) is 20.3. The lowest BCUT2D eigenvalue weighted by atomic mass is 9.84. The summed E-state index contributed by atoms with van der Waals surface area (Å²) in [7, 11) is 0. The third-order valence-corrected chi connectivity index (χ3v) is 7.31. The number of carbonyl (C=O) groups is 1.